The van der Waals surface area contributed by atoms with Crippen molar-refractivity contribution >= 4 is 5.69 Å². The molecule has 21 heavy (non-hydrogen) atoms. The van der Waals surface area contributed by atoms with E-state index in [1.165, 1.54) is 12.3 Å². The highest BCUT2D eigenvalue weighted by Gasteiger charge is 2.40. The second kappa shape index (κ2) is 6.13. The number of halogens is 3. The van der Waals surface area contributed by atoms with Gasteiger partial charge < -0.3 is 9.64 Å². The van der Waals surface area contributed by atoms with Gasteiger partial charge in [-0.15, -0.1) is 0 Å². The standard InChI is InChI=1S/C12H13F3N4O2/c13-12(14,15)9(6-16)8-19-11(20)5-10(7-17-19)18-1-3-21-4-2-18/h5,7,9H,1-4,8H2. The maximum Gasteiger partial charge on any atom is 0.406 e. The van der Waals surface area contributed by atoms with Crippen LogP contribution in [0.25, 0.3) is 0 Å². The summed E-state index contributed by atoms with van der Waals surface area (Å²) in [4.78, 5) is 13.7. The zero-order chi connectivity index (χ0) is 15.5. The molecule has 0 aromatic carbocycles. The Labute approximate surface area is 118 Å². The first-order chi connectivity index (χ1) is 9.91. The predicted molar refractivity (Wildman–Crippen MR) is 66.7 cm³/mol. The number of aromatic nitrogens is 2. The summed E-state index contributed by atoms with van der Waals surface area (Å²) < 4.78 is 43.4. The van der Waals surface area contributed by atoms with Crippen molar-refractivity contribution in [3.8, 4) is 6.07 Å². The average Bonchev–Trinajstić information content (AvgIpc) is 2.45. The molecule has 9 heteroatoms. The largest absolute Gasteiger partial charge is 0.406 e. The van der Waals surface area contributed by atoms with Crippen LogP contribution in [0.15, 0.2) is 17.1 Å². The SMILES string of the molecule is N#CC(Cn1ncc(N2CCOCC2)cc1=O)C(F)(F)F. The Hall–Kier alpha value is -2.08. The predicted octanol–water partition coefficient (Wildman–Crippen LogP) is 0.782. The molecule has 2 heterocycles. The fourth-order valence-electron chi connectivity index (χ4n) is 1.95. The van der Waals surface area contributed by atoms with Crippen molar-refractivity contribution in [2.24, 2.45) is 5.92 Å². The molecule has 0 aliphatic carbocycles. The third-order valence-corrected chi connectivity index (χ3v) is 3.14. The van der Waals surface area contributed by atoms with Gasteiger partial charge in [-0.1, -0.05) is 0 Å². The third-order valence-electron chi connectivity index (χ3n) is 3.14. The van der Waals surface area contributed by atoms with Gasteiger partial charge in [0.25, 0.3) is 5.56 Å². The molecule has 0 N–H and O–H groups in total. The monoisotopic (exact) mass is 302 g/mol. The molecule has 0 saturated carbocycles. The smallest absolute Gasteiger partial charge is 0.378 e. The topological polar surface area (TPSA) is 71.2 Å². The molecule has 1 atom stereocenters. The molecule has 114 valence electrons. The number of morpholine rings is 1. The minimum Gasteiger partial charge on any atom is -0.378 e. The summed E-state index contributed by atoms with van der Waals surface area (Å²) in [7, 11) is 0. The van der Waals surface area contributed by atoms with Gasteiger partial charge in [0.1, 0.15) is 0 Å². The fraction of sp³-hybridized carbons (Fsp3) is 0.583. The number of ether oxygens (including phenoxy) is 1. The Morgan fingerprint density at radius 3 is 2.62 bits per heavy atom. The van der Waals surface area contributed by atoms with Crippen molar-refractivity contribution in [3.05, 3.63) is 22.6 Å². The molecule has 2 rings (SSSR count). The number of hydrogen-bond acceptors (Lipinski definition) is 5. The Kier molecular flexibility index (Phi) is 4.47. The van der Waals surface area contributed by atoms with Crippen LogP contribution < -0.4 is 10.5 Å². The van der Waals surface area contributed by atoms with Crippen molar-refractivity contribution in [3.63, 3.8) is 0 Å². The van der Waals surface area contributed by atoms with E-state index in [4.69, 9.17) is 10.00 Å². The van der Waals surface area contributed by atoms with Crippen LogP contribution >= 0.6 is 0 Å². The summed E-state index contributed by atoms with van der Waals surface area (Å²) in [6.45, 7) is 1.42. The van der Waals surface area contributed by atoms with Gasteiger partial charge in [0, 0.05) is 19.2 Å². The zero-order valence-electron chi connectivity index (χ0n) is 11.0. The first-order valence-electron chi connectivity index (χ1n) is 6.28. The normalized spacial score (nSPS) is 17.3. The van der Waals surface area contributed by atoms with E-state index in [0.717, 1.165) is 6.07 Å². The molecule has 1 aliphatic rings. The lowest BCUT2D eigenvalue weighted by molar-refractivity contribution is -0.162. The lowest BCUT2D eigenvalue weighted by atomic mass is 10.1. The molecule has 0 amide bonds. The van der Waals surface area contributed by atoms with Crippen LogP contribution in [0.3, 0.4) is 0 Å². The van der Waals surface area contributed by atoms with Crippen LogP contribution in [0.4, 0.5) is 18.9 Å². The molecule has 6 nitrogen and oxygen atoms in total. The van der Waals surface area contributed by atoms with E-state index in [2.05, 4.69) is 5.10 Å². The quantitative estimate of drug-likeness (QED) is 0.825. The van der Waals surface area contributed by atoms with Gasteiger partial charge in [-0.05, 0) is 0 Å². The third kappa shape index (κ3) is 3.72. The molecular weight excluding hydrogens is 289 g/mol. The van der Waals surface area contributed by atoms with E-state index < -0.39 is 24.2 Å². The Balaban J connectivity index is 2.16. The van der Waals surface area contributed by atoms with E-state index in [9.17, 15) is 18.0 Å². The van der Waals surface area contributed by atoms with E-state index in [-0.39, 0.29) is 0 Å². The lowest BCUT2D eigenvalue weighted by Gasteiger charge is -2.28. The summed E-state index contributed by atoms with van der Waals surface area (Å²) in [5, 5.41) is 12.3. The number of nitriles is 1. The van der Waals surface area contributed by atoms with Crippen molar-refractivity contribution in [2.45, 2.75) is 12.7 Å². The number of anilines is 1. The molecule has 1 aromatic heterocycles. The minimum absolute atomic E-state index is 0.521. The van der Waals surface area contributed by atoms with Crippen molar-refractivity contribution in [1.82, 2.24) is 9.78 Å². The van der Waals surface area contributed by atoms with Gasteiger partial charge >= 0.3 is 6.18 Å². The number of nitrogens with zero attached hydrogens (tertiary/aromatic N) is 4. The lowest BCUT2D eigenvalue weighted by Crippen LogP contribution is -2.38. The molecule has 0 radical (unpaired) electrons. The Bertz CT molecular complexity index is 587. The molecular formula is C12H13F3N4O2. The van der Waals surface area contributed by atoms with Gasteiger partial charge in [0.15, 0.2) is 5.92 Å². The first kappa shape index (κ1) is 15.3. The highest BCUT2D eigenvalue weighted by Crippen LogP contribution is 2.26. The van der Waals surface area contributed by atoms with Gasteiger partial charge in [-0.3, -0.25) is 4.79 Å². The molecule has 1 aromatic rings. The summed E-state index contributed by atoms with van der Waals surface area (Å²) in [6.07, 6.45) is -3.35. The van der Waals surface area contributed by atoms with Gasteiger partial charge in [0.2, 0.25) is 0 Å². The number of alkyl halides is 3. The Morgan fingerprint density at radius 1 is 1.43 bits per heavy atom. The fourth-order valence-corrected chi connectivity index (χ4v) is 1.95. The van der Waals surface area contributed by atoms with Crippen LogP contribution in [0, 0.1) is 17.2 Å². The van der Waals surface area contributed by atoms with E-state index >= 15 is 0 Å². The van der Waals surface area contributed by atoms with Crippen LogP contribution in [0.1, 0.15) is 0 Å². The average molecular weight is 302 g/mol. The van der Waals surface area contributed by atoms with E-state index in [0.29, 0.717) is 36.7 Å². The second-order valence-electron chi connectivity index (χ2n) is 4.56. The second-order valence-corrected chi connectivity index (χ2v) is 4.56. The highest BCUT2D eigenvalue weighted by molar-refractivity contribution is 5.43. The van der Waals surface area contributed by atoms with Crippen molar-refractivity contribution < 1.29 is 17.9 Å². The molecule has 1 unspecified atom stereocenters. The molecule has 0 spiro atoms. The van der Waals surface area contributed by atoms with E-state index in [1.54, 1.807) is 0 Å². The number of hydrogen-bond donors (Lipinski definition) is 0. The molecule has 1 aliphatic heterocycles. The summed E-state index contributed by atoms with van der Waals surface area (Å²) in [6, 6.07) is 2.37. The van der Waals surface area contributed by atoms with Gasteiger partial charge in [-0.2, -0.15) is 23.5 Å². The van der Waals surface area contributed by atoms with Gasteiger partial charge in [-0.25, -0.2) is 4.68 Å². The number of rotatable bonds is 3. The first-order valence-corrected chi connectivity index (χ1v) is 6.28. The maximum absolute atomic E-state index is 12.5. The molecule has 0 bridgehead atoms. The van der Waals surface area contributed by atoms with Crippen molar-refractivity contribution in [2.75, 3.05) is 31.2 Å². The van der Waals surface area contributed by atoms with Gasteiger partial charge in [0.05, 0.1) is 37.7 Å². The maximum atomic E-state index is 12.5. The summed E-state index contributed by atoms with van der Waals surface area (Å²) in [5.41, 5.74) is -0.122. The van der Waals surface area contributed by atoms with Crippen molar-refractivity contribution in [1.29, 1.82) is 5.26 Å². The van der Waals surface area contributed by atoms with Crippen LogP contribution in [-0.2, 0) is 11.3 Å². The minimum atomic E-state index is -4.68. The van der Waals surface area contributed by atoms with Crippen LogP contribution in [-0.4, -0.2) is 42.3 Å². The molecule has 1 fully saturated rings. The Morgan fingerprint density at radius 2 is 2.10 bits per heavy atom. The summed E-state index contributed by atoms with van der Waals surface area (Å²) >= 11 is 0. The van der Waals surface area contributed by atoms with E-state index in [1.807, 2.05) is 4.90 Å². The zero-order valence-corrected chi connectivity index (χ0v) is 11.0. The van der Waals surface area contributed by atoms with Crippen LogP contribution in [0.5, 0.6) is 0 Å². The van der Waals surface area contributed by atoms with Crippen LogP contribution in [0.2, 0.25) is 0 Å². The highest BCUT2D eigenvalue weighted by atomic mass is 19.4. The summed E-state index contributed by atoms with van der Waals surface area (Å²) in [5.74, 6) is -2.25. The molecule has 1 saturated heterocycles.